The second-order valence-corrected chi connectivity index (χ2v) is 4.19. The summed E-state index contributed by atoms with van der Waals surface area (Å²) in [6.45, 7) is 1.49. The summed E-state index contributed by atoms with van der Waals surface area (Å²) >= 11 is 0. The first-order chi connectivity index (χ1) is 6.94. The lowest BCUT2D eigenvalue weighted by molar-refractivity contribution is 0.0328. The van der Waals surface area contributed by atoms with Gasteiger partial charge in [-0.1, -0.05) is 6.07 Å². The number of hydrogen-bond acceptors (Lipinski definition) is 1. The highest BCUT2D eigenvalue weighted by atomic mass is 19.2. The van der Waals surface area contributed by atoms with Crippen molar-refractivity contribution in [2.45, 2.75) is 31.5 Å². The molecular formula is C11H12F3N. The standard InChI is InChI=1S/C11H12F3N/c1-6-2-3-8(12)9(10(6)13)11(14)4-7(15)5-11/h2-3,7H,4-5,15H2,1H3. The van der Waals surface area contributed by atoms with Gasteiger partial charge in [-0.25, -0.2) is 13.2 Å². The molecular weight excluding hydrogens is 203 g/mol. The van der Waals surface area contributed by atoms with Gasteiger partial charge in [0.25, 0.3) is 0 Å². The lowest BCUT2D eigenvalue weighted by Gasteiger charge is -2.40. The van der Waals surface area contributed by atoms with E-state index in [-0.39, 0.29) is 24.4 Å². The predicted octanol–water partition coefficient (Wildman–Crippen LogP) is 2.56. The van der Waals surface area contributed by atoms with Crippen molar-refractivity contribution >= 4 is 0 Å². The van der Waals surface area contributed by atoms with Crippen molar-refractivity contribution in [2.75, 3.05) is 0 Å². The minimum atomic E-state index is -1.92. The van der Waals surface area contributed by atoms with Gasteiger partial charge in [0, 0.05) is 18.9 Å². The van der Waals surface area contributed by atoms with Gasteiger partial charge in [0.05, 0.1) is 5.56 Å². The summed E-state index contributed by atoms with van der Waals surface area (Å²) in [6.07, 6.45) is -0.0193. The van der Waals surface area contributed by atoms with E-state index in [4.69, 9.17) is 5.73 Å². The second-order valence-electron chi connectivity index (χ2n) is 4.19. The maximum atomic E-state index is 14.0. The largest absolute Gasteiger partial charge is 0.327 e. The molecule has 2 rings (SSSR count). The van der Waals surface area contributed by atoms with Gasteiger partial charge in [0.1, 0.15) is 17.3 Å². The molecule has 0 aliphatic heterocycles. The Morgan fingerprint density at radius 1 is 1.33 bits per heavy atom. The molecule has 1 aliphatic rings. The van der Waals surface area contributed by atoms with E-state index in [1.54, 1.807) is 0 Å². The molecule has 1 aromatic carbocycles. The maximum Gasteiger partial charge on any atom is 0.144 e. The highest BCUT2D eigenvalue weighted by Gasteiger charge is 2.48. The van der Waals surface area contributed by atoms with Crippen LogP contribution in [0.25, 0.3) is 0 Å². The van der Waals surface area contributed by atoms with Crippen LogP contribution in [-0.2, 0) is 5.67 Å². The molecule has 2 N–H and O–H groups in total. The van der Waals surface area contributed by atoms with Crippen LogP contribution in [0.15, 0.2) is 12.1 Å². The minimum Gasteiger partial charge on any atom is -0.327 e. The first kappa shape index (κ1) is 10.5. The van der Waals surface area contributed by atoms with Crippen LogP contribution < -0.4 is 5.73 Å². The van der Waals surface area contributed by atoms with E-state index >= 15 is 0 Å². The van der Waals surface area contributed by atoms with Gasteiger partial charge in [-0.2, -0.15) is 0 Å². The van der Waals surface area contributed by atoms with Crippen molar-refractivity contribution in [3.05, 3.63) is 34.9 Å². The summed E-state index contributed by atoms with van der Waals surface area (Å²) in [5, 5.41) is 0. The number of nitrogens with two attached hydrogens (primary N) is 1. The van der Waals surface area contributed by atoms with Gasteiger partial charge in [-0.15, -0.1) is 0 Å². The maximum absolute atomic E-state index is 14.0. The van der Waals surface area contributed by atoms with E-state index in [0.717, 1.165) is 6.07 Å². The van der Waals surface area contributed by atoms with Crippen LogP contribution in [-0.4, -0.2) is 6.04 Å². The molecule has 1 aliphatic carbocycles. The van der Waals surface area contributed by atoms with Crippen molar-refractivity contribution in [3.63, 3.8) is 0 Å². The molecule has 0 amide bonds. The normalized spacial score (nSPS) is 30.1. The van der Waals surface area contributed by atoms with Crippen LogP contribution in [0.4, 0.5) is 13.2 Å². The second kappa shape index (κ2) is 3.23. The third kappa shape index (κ3) is 1.53. The van der Waals surface area contributed by atoms with Crippen molar-refractivity contribution in [1.29, 1.82) is 0 Å². The predicted molar refractivity (Wildman–Crippen MR) is 51.1 cm³/mol. The number of alkyl halides is 1. The Bertz CT molecular complexity index is 397. The lowest BCUT2D eigenvalue weighted by atomic mass is 9.72. The highest BCUT2D eigenvalue weighted by molar-refractivity contribution is 5.33. The SMILES string of the molecule is Cc1ccc(F)c(C2(F)CC(N)C2)c1F. The van der Waals surface area contributed by atoms with Gasteiger partial charge in [0.15, 0.2) is 0 Å². The molecule has 4 heteroatoms. The highest BCUT2D eigenvalue weighted by Crippen LogP contribution is 2.46. The Kier molecular flexibility index (Phi) is 2.26. The zero-order valence-corrected chi connectivity index (χ0v) is 8.36. The molecule has 0 atom stereocenters. The van der Waals surface area contributed by atoms with E-state index in [9.17, 15) is 13.2 Å². The van der Waals surface area contributed by atoms with E-state index in [2.05, 4.69) is 0 Å². The summed E-state index contributed by atoms with van der Waals surface area (Å²) < 4.78 is 41.0. The van der Waals surface area contributed by atoms with Crippen molar-refractivity contribution in [3.8, 4) is 0 Å². The molecule has 0 aromatic heterocycles. The van der Waals surface area contributed by atoms with E-state index in [1.165, 1.54) is 13.0 Å². The van der Waals surface area contributed by atoms with Gasteiger partial charge in [-0.3, -0.25) is 0 Å². The Hall–Kier alpha value is -1.03. The molecule has 0 bridgehead atoms. The molecule has 0 spiro atoms. The third-order valence-corrected chi connectivity index (χ3v) is 2.90. The molecule has 0 unspecified atom stereocenters. The Morgan fingerprint density at radius 2 is 1.93 bits per heavy atom. The average molecular weight is 215 g/mol. The van der Waals surface area contributed by atoms with E-state index < -0.39 is 22.9 Å². The molecule has 1 saturated carbocycles. The van der Waals surface area contributed by atoms with Crippen molar-refractivity contribution in [1.82, 2.24) is 0 Å². The summed E-state index contributed by atoms with van der Waals surface area (Å²) in [5.41, 5.74) is 3.33. The fourth-order valence-electron chi connectivity index (χ4n) is 2.04. The van der Waals surface area contributed by atoms with E-state index in [1.807, 2.05) is 0 Å². The third-order valence-electron chi connectivity index (χ3n) is 2.90. The zero-order chi connectivity index (χ0) is 11.2. The van der Waals surface area contributed by atoms with Crippen LogP contribution in [0.1, 0.15) is 24.0 Å². The molecule has 0 radical (unpaired) electrons. The van der Waals surface area contributed by atoms with E-state index in [0.29, 0.717) is 0 Å². The average Bonchev–Trinajstić information content (AvgIpc) is 2.10. The summed E-state index contributed by atoms with van der Waals surface area (Å²) in [6, 6.07) is 2.10. The van der Waals surface area contributed by atoms with Gasteiger partial charge >= 0.3 is 0 Å². The fraction of sp³-hybridized carbons (Fsp3) is 0.455. The van der Waals surface area contributed by atoms with Crippen LogP contribution in [0.3, 0.4) is 0 Å². The minimum absolute atomic E-state index is 0.00963. The van der Waals surface area contributed by atoms with Gasteiger partial charge in [-0.05, 0) is 18.6 Å². The molecule has 15 heavy (non-hydrogen) atoms. The summed E-state index contributed by atoms with van der Waals surface area (Å²) in [4.78, 5) is 0. The molecule has 1 fully saturated rings. The Morgan fingerprint density at radius 3 is 2.47 bits per heavy atom. The lowest BCUT2D eigenvalue weighted by Crippen LogP contribution is -2.47. The quantitative estimate of drug-likeness (QED) is 0.765. The van der Waals surface area contributed by atoms with Crippen LogP contribution >= 0.6 is 0 Å². The van der Waals surface area contributed by atoms with Crippen LogP contribution in [0.5, 0.6) is 0 Å². The number of halogens is 3. The molecule has 1 nitrogen and oxygen atoms in total. The van der Waals surface area contributed by atoms with Gasteiger partial charge < -0.3 is 5.73 Å². The summed E-state index contributed by atoms with van der Waals surface area (Å²) in [7, 11) is 0. The number of rotatable bonds is 1. The Balaban J connectivity index is 2.48. The van der Waals surface area contributed by atoms with Crippen LogP contribution in [0.2, 0.25) is 0 Å². The molecule has 1 aromatic rings. The molecule has 0 saturated heterocycles. The first-order valence-electron chi connectivity index (χ1n) is 4.83. The monoisotopic (exact) mass is 215 g/mol. The number of benzene rings is 1. The topological polar surface area (TPSA) is 26.0 Å². The van der Waals surface area contributed by atoms with Crippen molar-refractivity contribution < 1.29 is 13.2 Å². The fourth-order valence-corrected chi connectivity index (χ4v) is 2.04. The molecule has 82 valence electrons. The number of hydrogen-bond donors (Lipinski definition) is 1. The smallest absolute Gasteiger partial charge is 0.144 e. The van der Waals surface area contributed by atoms with Gasteiger partial charge in [0.2, 0.25) is 0 Å². The molecule has 0 heterocycles. The van der Waals surface area contributed by atoms with Crippen LogP contribution in [0, 0.1) is 18.6 Å². The first-order valence-corrected chi connectivity index (χ1v) is 4.83. The Labute approximate surface area is 86.1 Å². The summed E-state index contributed by atoms with van der Waals surface area (Å²) in [5.74, 6) is -1.61. The zero-order valence-electron chi connectivity index (χ0n) is 8.36. The number of aryl methyl sites for hydroxylation is 1. The van der Waals surface area contributed by atoms with Crippen molar-refractivity contribution in [2.24, 2.45) is 5.73 Å².